The lowest BCUT2D eigenvalue weighted by Gasteiger charge is -2.24. The molecule has 2 heterocycles. The average Bonchev–Trinajstić information content (AvgIpc) is 3.46. The second kappa shape index (κ2) is 9.34. The summed E-state index contributed by atoms with van der Waals surface area (Å²) in [5.74, 6) is 0.138. The largest absolute Gasteiger partial charge is 0.507 e. The zero-order valence-electron chi connectivity index (χ0n) is 20.6. The van der Waals surface area contributed by atoms with Crippen LogP contribution < -0.4 is 19.1 Å². The van der Waals surface area contributed by atoms with Gasteiger partial charge in [-0.15, -0.1) is 0 Å². The number of fused-ring (bicyclic) bond motifs is 1. The fourth-order valence-electron chi connectivity index (χ4n) is 4.54. The van der Waals surface area contributed by atoms with Crippen molar-refractivity contribution in [2.75, 3.05) is 26.2 Å². The third-order valence-corrected chi connectivity index (χ3v) is 6.36. The van der Waals surface area contributed by atoms with Crippen molar-refractivity contribution in [1.82, 2.24) is 5.16 Å². The Morgan fingerprint density at radius 1 is 0.892 bits per heavy atom. The molecule has 37 heavy (non-hydrogen) atoms. The summed E-state index contributed by atoms with van der Waals surface area (Å²) in [5, 5.41) is 17.2. The monoisotopic (exact) mass is 500 g/mol. The molecule has 1 unspecified atom stereocenters. The molecular formula is C28H24N2O7. The lowest BCUT2D eigenvalue weighted by molar-refractivity contribution is -0.132. The first-order valence-corrected chi connectivity index (χ1v) is 11.4. The highest BCUT2D eigenvalue weighted by Gasteiger charge is 2.49. The zero-order chi connectivity index (χ0) is 26.3. The molecule has 3 aromatic carbocycles. The van der Waals surface area contributed by atoms with Gasteiger partial charge in [-0.3, -0.25) is 14.5 Å². The van der Waals surface area contributed by atoms with Gasteiger partial charge in [-0.1, -0.05) is 23.4 Å². The maximum atomic E-state index is 13.4. The van der Waals surface area contributed by atoms with Crippen molar-refractivity contribution in [3.05, 3.63) is 83.1 Å². The molecule has 9 heteroatoms. The number of benzene rings is 3. The van der Waals surface area contributed by atoms with Crippen molar-refractivity contribution in [2.45, 2.75) is 13.0 Å². The number of Topliss-reactive ketones (excluding diaryl/α,β-unsaturated/α-hetero) is 1. The van der Waals surface area contributed by atoms with E-state index < -0.39 is 17.7 Å². The lowest BCUT2D eigenvalue weighted by atomic mass is 9.93. The Morgan fingerprint density at radius 2 is 1.57 bits per heavy atom. The van der Waals surface area contributed by atoms with E-state index in [1.54, 1.807) is 56.5 Å². The molecule has 0 aliphatic carbocycles. The smallest absolute Gasteiger partial charge is 0.301 e. The van der Waals surface area contributed by atoms with Crippen molar-refractivity contribution in [3.63, 3.8) is 0 Å². The second-order valence-electron chi connectivity index (χ2n) is 8.50. The van der Waals surface area contributed by atoms with Gasteiger partial charge in [0.15, 0.2) is 5.82 Å². The van der Waals surface area contributed by atoms with Crippen molar-refractivity contribution < 1.29 is 33.4 Å². The maximum absolute atomic E-state index is 13.4. The molecule has 188 valence electrons. The average molecular weight is 501 g/mol. The van der Waals surface area contributed by atoms with Crippen LogP contribution in [0.3, 0.4) is 0 Å². The van der Waals surface area contributed by atoms with Crippen LogP contribution in [0, 0.1) is 6.92 Å². The van der Waals surface area contributed by atoms with Crippen molar-refractivity contribution >= 4 is 34.0 Å². The third kappa shape index (κ3) is 4.04. The first-order chi connectivity index (χ1) is 17.9. The molecular weight excluding hydrogens is 476 g/mol. The van der Waals surface area contributed by atoms with Gasteiger partial charge in [0.05, 0.1) is 26.9 Å². The summed E-state index contributed by atoms with van der Waals surface area (Å²) in [4.78, 5) is 28.0. The van der Waals surface area contributed by atoms with Crippen molar-refractivity contribution in [1.29, 1.82) is 0 Å². The summed E-state index contributed by atoms with van der Waals surface area (Å²) >= 11 is 0. The predicted octanol–water partition coefficient (Wildman–Crippen LogP) is 4.79. The molecule has 5 rings (SSSR count). The standard InChI is InChI=1S/C28H24N2O7/c1-15-11-23(29-37-15)30-25(21-14-20(35-3)9-10-22(21)36-4)24(27(32)28(30)33)26(31)18-6-5-17-13-19(34-2)8-7-16(17)12-18/h5-14,25,31H,1-4H3/b26-24+. The van der Waals surface area contributed by atoms with Gasteiger partial charge in [0.25, 0.3) is 5.78 Å². The van der Waals surface area contributed by atoms with Gasteiger partial charge < -0.3 is 23.8 Å². The molecule has 1 atom stereocenters. The van der Waals surface area contributed by atoms with Crippen LogP contribution in [-0.4, -0.2) is 43.3 Å². The Bertz CT molecular complexity index is 1570. The number of hydrogen-bond acceptors (Lipinski definition) is 8. The molecule has 4 aromatic rings. The van der Waals surface area contributed by atoms with Gasteiger partial charge in [0, 0.05) is 17.2 Å². The molecule has 1 aromatic heterocycles. The summed E-state index contributed by atoms with van der Waals surface area (Å²) in [6.07, 6.45) is 0. The number of rotatable bonds is 6. The predicted molar refractivity (Wildman–Crippen MR) is 136 cm³/mol. The van der Waals surface area contributed by atoms with E-state index in [2.05, 4.69) is 5.16 Å². The highest BCUT2D eigenvalue weighted by atomic mass is 16.5. The Hall–Kier alpha value is -4.79. The Kier molecular flexibility index (Phi) is 6.04. The number of methoxy groups -OCH3 is 3. The molecule has 0 radical (unpaired) electrons. The van der Waals surface area contributed by atoms with E-state index in [0.717, 1.165) is 10.8 Å². The van der Waals surface area contributed by atoms with Crippen LogP contribution in [0.15, 0.2) is 70.8 Å². The quantitative estimate of drug-likeness (QED) is 0.229. The second-order valence-corrected chi connectivity index (χ2v) is 8.50. The topological polar surface area (TPSA) is 111 Å². The minimum Gasteiger partial charge on any atom is -0.507 e. The Balaban J connectivity index is 1.75. The molecule has 1 fully saturated rings. The number of carbonyl (C=O) groups excluding carboxylic acids is 2. The number of ether oxygens (including phenoxy) is 3. The van der Waals surface area contributed by atoms with E-state index in [-0.39, 0.29) is 17.2 Å². The van der Waals surface area contributed by atoms with Crippen LogP contribution in [0.2, 0.25) is 0 Å². The molecule has 1 aliphatic rings. The van der Waals surface area contributed by atoms with Crippen molar-refractivity contribution in [2.24, 2.45) is 0 Å². The van der Waals surface area contributed by atoms with Crippen LogP contribution >= 0.6 is 0 Å². The van der Waals surface area contributed by atoms with E-state index in [1.165, 1.54) is 19.1 Å². The van der Waals surface area contributed by atoms with E-state index in [0.29, 0.717) is 34.1 Å². The molecule has 9 nitrogen and oxygen atoms in total. The molecule has 0 saturated carbocycles. The van der Waals surface area contributed by atoms with Gasteiger partial charge in [-0.05, 0) is 54.1 Å². The van der Waals surface area contributed by atoms with E-state index in [1.807, 2.05) is 18.2 Å². The number of aromatic nitrogens is 1. The fraction of sp³-hybridized carbons (Fsp3) is 0.179. The van der Waals surface area contributed by atoms with E-state index in [9.17, 15) is 14.7 Å². The first-order valence-electron chi connectivity index (χ1n) is 11.4. The van der Waals surface area contributed by atoms with Gasteiger partial charge in [-0.2, -0.15) is 0 Å². The Morgan fingerprint density at radius 3 is 2.24 bits per heavy atom. The SMILES string of the molecule is COc1ccc(OC)c(C2/C(=C(\O)c3ccc4cc(OC)ccc4c3)C(=O)C(=O)N2c2cc(C)on2)c1. The summed E-state index contributed by atoms with van der Waals surface area (Å²) in [5.41, 5.74) is 0.706. The van der Waals surface area contributed by atoms with Crippen LogP contribution in [0.5, 0.6) is 17.2 Å². The van der Waals surface area contributed by atoms with E-state index >= 15 is 0 Å². The number of aliphatic hydroxyl groups is 1. The zero-order valence-corrected chi connectivity index (χ0v) is 20.6. The molecule has 1 saturated heterocycles. The first kappa shape index (κ1) is 23.9. The summed E-state index contributed by atoms with van der Waals surface area (Å²) in [6.45, 7) is 1.68. The Labute approximate surface area is 212 Å². The minimum absolute atomic E-state index is 0.106. The highest BCUT2D eigenvalue weighted by molar-refractivity contribution is 6.51. The van der Waals surface area contributed by atoms with Crippen molar-refractivity contribution in [3.8, 4) is 17.2 Å². The molecule has 0 bridgehead atoms. The summed E-state index contributed by atoms with van der Waals surface area (Å²) < 4.78 is 21.4. The number of nitrogens with zero attached hydrogens (tertiary/aromatic N) is 2. The number of aliphatic hydroxyl groups excluding tert-OH is 1. The highest BCUT2D eigenvalue weighted by Crippen LogP contribution is 2.45. The number of ketones is 1. The molecule has 1 N–H and O–H groups in total. The van der Waals surface area contributed by atoms with Gasteiger partial charge in [0.2, 0.25) is 0 Å². The van der Waals surface area contributed by atoms with Gasteiger partial charge >= 0.3 is 5.91 Å². The third-order valence-electron chi connectivity index (χ3n) is 6.36. The normalized spacial score (nSPS) is 16.9. The summed E-state index contributed by atoms with van der Waals surface area (Å²) in [6, 6.07) is 16.3. The van der Waals surface area contributed by atoms with Gasteiger partial charge in [0.1, 0.15) is 34.8 Å². The van der Waals surface area contributed by atoms with Gasteiger partial charge in [-0.25, -0.2) is 0 Å². The van der Waals surface area contributed by atoms with Crippen LogP contribution in [0.1, 0.15) is 22.9 Å². The summed E-state index contributed by atoms with van der Waals surface area (Å²) in [7, 11) is 4.58. The number of hydrogen-bond donors (Lipinski definition) is 1. The lowest BCUT2D eigenvalue weighted by Crippen LogP contribution is -2.30. The number of anilines is 1. The van der Waals surface area contributed by atoms with Crippen LogP contribution in [0.25, 0.3) is 16.5 Å². The molecule has 1 aliphatic heterocycles. The number of aryl methyl sites for hydroxylation is 1. The van der Waals surface area contributed by atoms with Crippen LogP contribution in [0.4, 0.5) is 5.82 Å². The fourth-order valence-corrected chi connectivity index (χ4v) is 4.54. The van der Waals surface area contributed by atoms with Crippen LogP contribution in [-0.2, 0) is 9.59 Å². The molecule has 1 amide bonds. The minimum atomic E-state index is -1.05. The number of amides is 1. The molecule has 0 spiro atoms. The number of carbonyl (C=O) groups is 2. The maximum Gasteiger partial charge on any atom is 0.301 e. The van der Waals surface area contributed by atoms with E-state index in [4.69, 9.17) is 18.7 Å².